The number of carbonyl (C=O) groups excluding carboxylic acids is 1. The van der Waals surface area contributed by atoms with Crippen molar-refractivity contribution in [3.8, 4) is 11.4 Å². The number of nitrogens with zero attached hydrogens (tertiary/aromatic N) is 4. The summed E-state index contributed by atoms with van der Waals surface area (Å²) < 4.78 is 18.4. The van der Waals surface area contributed by atoms with Crippen molar-refractivity contribution >= 4 is 5.91 Å². The molecule has 4 rings (SSSR count). The third kappa shape index (κ3) is 5.35. The zero-order valence-electron chi connectivity index (χ0n) is 17.9. The van der Waals surface area contributed by atoms with Gasteiger partial charge in [0.2, 0.25) is 17.6 Å². The van der Waals surface area contributed by atoms with E-state index >= 15 is 0 Å². The fourth-order valence-electron chi connectivity index (χ4n) is 3.92. The lowest BCUT2D eigenvalue weighted by molar-refractivity contribution is -0.136. The molecule has 3 aromatic rings. The van der Waals surface area contributed by atoms with Crippen molar-refractivity contribution in [1.29, 1.82) is 0 Å². The van der Waals surface area contributed by atoms with Crippen LogP contribution < -0.4 is 0 Å². The quantitative estimate of drug-likeness (QED) is 0.600. The monoisotopic (exact) mass is 422 g/mol. The summed E-state index contributed by atoms with van der Waals surface area (Å²) in [5.74, 6) is 0.938. The number of aryl methyl sites for hydroxylation is 1. The number of halogens is 1. The van der Waals surface area contributed by atoms with E-state index in [4.69, 9.17) is 4.52 Å². The molecule has 1 aromatic heterocycles. The third-order valence-electron chi connectivity index (χ3n) is 5.78. The summed E-state index contributed by atoms with van der Waals surface area (Å²) in [5.41, 5.74) is 3.08. The molecule has 0 saturated carbocycles. The fraction of sp³-hybridized carbons (Fsp3) is 0.375. The van der Waals surface area contributed by atoms with Crippen LogP contribution in [0, 0.1) is 18.7 Å². The summed E-state index contributed by atoms with van der Waals surface area (Å²) in [7, 11) is 1.88. The second-order valence-electron chi connectivity index (χ2n) is 8.25. The SMILES string of the molecule is Cc1ccc(CN(C)C(=O)C2CCN(Cc3nc(-c4ccc(F)cc4)no3)CC2)cc1. The van der Waals surface area contributed by atoms with Crippen molar-refractivity contribution in [2.45, 2.75) is 32.9 Å². The van der Waals surface area contributed by atoms with Gasteiger partial charge in [-0.15, -0.1) is 0 Å². The predicted octanol–water partition coefficient (Wildman–Crippen LogP) is 4.05. The number of carbonyl (C=O) groups is 1. The van der Waals surface area contributed by atoms with Gasteiger partial charge < -0.3 is 9.42 Å². The number of benzene rings is 2. The van der Waals surface area contributed by atoms with E-state index in [1.807, 2.05) is 11.9 Å². The molecule has 0 radical (unpaired) electrons. The summed E-state index contributed by atoms with van der Waals surface area (Å²) >= 11 is 0. The lowest BCUT2D eigenvalue weighted by Crippen LogP contribution is -2.40. The standard InChI is InChI=1S/C24H27FN4O2/c1-17-3-5-18(6-4-17)15-28(2)24(30)20-11-13-29(14-12-20)16-22-26-23(27-31-22)19-7-9-21(25)10-8-19/h3-10,20H,11-16H2,1-2H3. The van der Waals surface area contributed by atoms with Gasteiger partial charge in [-0.1, -0.05) is 35.0 Å². The van der Waals surface area contributed by atoms with Crippen LogP contribution in [0.4, 0.5) is 4.39 Å². The van der Waals surface area contributed by atoms with Crippen LogP contribution in [0.2, 0.25) is 0 Å². The second kappa shape index (κ2) is 9.39. The lowest BCUT2D eigenvalue weighted by atomic mass is 9.95. The predicted molar refractivity (Wildman–Crippen MR) is 115 cm³/mol. The van der Waals surface area contributed by atoms with Crippen molar-refractivity contribution in [2.75, 3.05) is 20.1 Å². The maximum Gasteiger partial charge on any atom is 0.241 e. The molecule has 7 heteroatoms. The van der Waals surface area contributed by atoms with Crippen LogP contribution >= 0.6 is 0 Å². The number of likely N-dealkylation sites (tertiary alicyclic amines) is 1. The average molecular weight is 423 g/mol. The number of hydrogen-bond donors (Lipinski definition) is 0. The molecule has 0 unspecified atom stereocenters. The van der Waals surface area contributed by atoms with Gasteiger partial charge in [0, 0.05) is 25.1 Å². The molecular formula is C24H27FN4O2. The van der Waals surface area contributed by atoms with Crippen LogP contribution in [-0.4, -0.2) is 46.0 Å². The van der Waals surface area contributed by atoms with Crippen molar-refractivity contribution in [2.24, 2.45) is 5.92 Å². The molecular weight excluding hydrogens is 395 g/mol. The summed E-state index contributed by atoms with van der Waals surface area (Å²) in [6.45, 7) is 4.86. The minimum Gasteiger partial charge on any atom is -0.341 e. The van der Waals surface area contributed by atoms with Gasteiger partial charge in [0.05, 0.1) is 6.54 Å². The zero-order valence-corrected chi connectivity index (χ0v) is 17.9. The van der Waals surface area contributed by atoms with Gasteiger partial charge in [0.15, 0.2) is 0 Å². The minimum atomic E-state index is -0.297. The van der Waals surface area contributed by atoms with Crippen molar-refractivity contribution in [3.63, 3.8) is 0 Å². The van der Waals surface area contributed by atoms with E-state index in [1.54, 1.807) is 12.1 Å². The van der Waals surface area contributed by atoms with E-state index in [2.05, 4.69) is 46.2 Å². The molecule has 1 aliphatic rings. The molecule has 0 bridgehead atoms. The van der Waals surface area contributed by atoms with Gasteiger partial charge in [-0.05, 0) is 62.7 Å². The Kier molecular flexibility index (Phi) is 6.42. The molecule has 2 heterocycles. The van der Waals surface area contributed by atoms with Crippen LogP contribution in [0.3, 0.4) is 0 Å². The minimum absolute atomic E-state index is 0.0455. The normalized spacial score (nSPS) is 15.2. The lowest BCUT2D eigenvalue weighted by Gasteiger charge is -2.32. The Bertz CT molecular complexity index is 1010. The molecule has 0 spiro atoms. The topological polar surface area (TPSA) is 62.5 Å². The first-order valence-corrected chi connectivity index (χ1v) is 10.6. The second-order valence-corrected chi connectivity index (χ2v) is 8.25. The number of hydrogen-bond acceptors (Lipinski definition) is 5. The number of rotatable bonds is 6. The van der Waals surface area contributed by atoms with Gasteiger partial charge >= 0.3 is 0 Å². The van der Waals surface area contributed by atoms with E-state index in [0.717, 1.165) is 37.1 Å². The van der Waals surface area contributed by atoms with Gasteiger partial charge in [0.1, 0.15) is 5.82 Å². The Morgan fingerprint density at radius 2 is 1.81 bits per heavy atom. The Morgan fingerprint density at radius 1 is 1.13 bits per heavy atom. The number of piperidine rings is 1. The Labute approximate surface area is 181 Å². The first-order valence-electron chi connectivity index (χ1n) is 10.6. The van der Waals surface area contributed by atoms with E-state index < -0.39 is 0 Å². The molecule has 162 valence electrons. The Morgan fingerprint density at radius 3 is 2.48 bits per heavy atom. The van der Waals surface area contributed by atoms with Crippen molar-refractivity contribution < 1.29 is 13.7 Å². The molecule has 1 amide bonds. The van der Waals surface area contributed by atoms with Gasteiger partial charge in [-0.25, -0.2) is 4.39 Å². The highest BCUT2D eigenvalue weighted by atomic mass is 19.1. The summed E-state index contributed by atoms with van der Waals surface area (Å²) in [6.07, 6.45) is 1.63. The van der Waals surface area contributed by atoms with Crippen molar-refractivity contribution in [3.05, 3.63) is 71.4 Å². The zero-order chi connectivity index (χ0) is 21.8. The molecule has 31 heavy (non-hydrogen) atoms. The highest BCUT2D eigenvalue weighted by Crippen LogP contribution is 2.22. The van der Waals surface area contributed by atoms with Crippen LogP contribution in [-0.2, 0) is 17.9 Å². The molecule has 2 aromatic carbocycles. The average Bonchev–Trinajstić information content (AvgIpc) is 3.24. The van der Waals surface area contributed by atoms with Crippen LogP contribution in [0.1, 0.15) is 29.9 Å². The van der Waals surface area contributed by atoms with Crippen molar-refractivity contribution in [1.82, 2.24) is 19.9 Å². The largest absolute Gasteiger partial charge is 0.341 e. The van der Waals surface area contributed by atoms with Gasteiger partial charge in [0.25, 0.3) is 0 Å². The van der Waals surface area contributed by atoms with Crippen LogP contribution in [0.15, 0.2) is 53.1 Å². The van der Waals surface area contributed by atoms with E-state index in [0.29, 0.717) is 24.8 Å². The summed E-state index contributed by atoms with van der Waals surface area (Å²) in [6, 6.07) is 14.3. The van der Waals surface area contributed by atoms with Gasteiger partial charge in [-0.2, -0.15) is 4.98 Å². The van der Waals surface area contributed by atoms with Gasteiger partial charge in [-0.3, -0.25) is 9.69 Å². The molecule has 0 atom stereocenters. The molecule has 0 N–H and O–H groups in total. The Hall–Kier alpha value is -3.06. The van der Waals surface area contributed by atoms with Crippen LogP contribution in [0.5, 0.6) is 0 Å². The Balaban J connectivity index is 1.27. The first-order chi connectivity index (χ1) is 15.0. The fourth-order valence-corrected chi connectivity index (χ4v) is 3.92. The molecule has 1 fully saturated rings. The molecule has 1 aliphatic heterocycles. The summed E-state index contributed by atoms with van der Waals surface area (Å²) in [4.78, 5) is 21.3. The smallest absolute Gasteiger partial charge is 0.241 e. The maximum atomic E-state index is 13.1. The summed E-state index contributed by atoms with van der Waals surface area (Å²) in [5, 5.41) is 4.00. The van der Waals surface area contributed by atoms with E-state index in [9.17, 15) is 9.18 Å². The first kappa shape index (κ1) is 21.2. The van der Waals surface area contributed by atoms with Crippen LogP contribution in [0.25, 0.3) is 11.4 Å². The van der Waals surface area contributed by atoms with E-state index in [1.165, 1.54) is 17.7 Å². The molecule has 0 aliphatic carbocycles. The third-order valence-corrected chi connectivity index (χ3v) is 5.78. The number of aromatic nitrogens is 2. The van der Waals surface area contributed by atoms with E-state index in [-0.39, 0.29) is 17.6 Å². The highest BCUT2D eigenvalue weighted by molar-refractivity contribution is 5.78. The molecule has 6 nitrogen and oxygen atoms in total. The number of amides is 1. The molecule has 1 saturated heterocycles. The highest BCUT2D eigenvalue weighted by Gasteiger charge is 2.28. The maximum absolute atomic E-state index is 13.1.